The molecule has 0 unspecified atom stereocenters. The molecule has 0 fully saturated rings. The number of carbonyl (C=O) groups is 1. The standard InChI is InChI=1S/C16H12Br2N2O3S/c1-22-13-11(18)7-10(17)12-14(13)24-15(19-12)20-16(21)23-8-9-5-3-2-4-6-9/h2-7H,8H2,1H3,(H,19,20,21). The molecule has 2 aromatic carbocycles. The summed E-state index contributed by atoms with van der Waals surface area (Å²) in [5.41, 5.74) is 1.64. The molecule has 0 saturated heterocycles. The number of aromatic nitrogens is 1. The molecule has 5 nitrogen and oxygen atoms in total. The van der Waals surface area contributed by atoms with Crippen LogP contribution in [0.2, 0.25) is 0 Å². The molecule has 0 radical (unpaired) electrons. The van der Waals surface area contributed by atoms with Gasteiger partial charge in [0.25, 0.3) is 0 Å². The van der Waals surface area contributed by atoms with E-state index in [-0.39, 0.29) is 6.61 Å². The third-order valence-electron chi connectivity index (χ3n) is 3.16. The molecule has 0 spiro atoms. The van der Waals surface area contributed by atoms with Crippen LogP contribution in [0.1, 0.15) is 5.56 Å². The molecule has 1 N–H and O–H groups in total. The average molecular weight is 472 g/mol. The highest BCUT2D eigenvalue weighted by molar-refractivity contribution is 9.11. The normalized spacial score (nSPS) is 10.6. The zero-order valence-electron chi connectivity index (χ0n) is 12.5. The Morgan fingerprint density at radius 2 is 2.00 bits per heavy atom. The molecule has 0 aliphatic heterocycles. The predicted octanol–water partition coefficient (Wildman–Crippen LogP) is 5.58. The Kier molecular flexibility index (Phi) is 5.37. The number of halogens is 2. The Hall–Kier alpha value is -1.64. The fraction of sp³-hybridized carbons (Fsp3) is 0.125. The van der Waals surface area contributed by atoms with Crippen molar-refractivity contribution < 1.29 is 14.3 Å². The number of rotatable bonds is 4. The summed E-state index contributed by atoms with van der Waals surface area (Å²) in [4.78, 5) is 16.4. The summed E-state index contributed by atoms with van der Waals surface area (Å²) in [6.07, 6.45) is -0.549. The molecule has 0 aliphatic carbocycles. The molecule has 0 saturated carbocycles. The van der Waals surface area contributed by atoms with Crippen molar-refractivity contribution in [3.05, 3.63) is 50.9 Å². The van der Waals surface area contributed by atoms with Gasteiger partial charge in [-0.25, -0.2) is 9.78 Å². The van der Waals surface area contributed by atoms with E-state index >= 15 is 0 Å². The fourth-order valence-corrected chi connectivity index (χ4v) is 4.76. The molecular weight excluding hydrogens is 460 g/mol. The topological polar surface area (TPSA) is 60.5 Å². The lowest BCUT2D eigenvalue weighted by Gasteiger charge is -2.04. The second-order valence-electron chi connectivity index (χ2n) is 4.76. The van der Waals surface area contributed by atoms with Gasteiger partial charge in [-0.3, -0.25) is 5.32 Å². The summed E-state index contributed by atoms with van der Waals surface area (Å²) >= 11 is 8.24. The lowest BCUT2D eigenvalue weighted by atomic mass is 10.2. The molecule has 1 amide bonds. The van der Waals surface area contributed by atoms with Gasteiger partial charge in [0.2, 0.25) is 0 Å². The number of amides is 1. The van der Waals surface area contributed by atoms with Gasteiger partial charge < -0.3 is 9.47 Å². The minimum atomic E-state index is -0.549. The Morgan fingerprint density at radius 1 is 1.25 bits per heavy atom. The number of ether oxygens (including phenoxy) is 2. The van der Waals surface area contributed by atoms with Crippen molar-refractivity contribution in [3.8, 4) is 5.75 Å². The van der Waals surface area contributed by atoms with Crippen LogP contribution >= 0.6 is 43.2 Å². The third kappa shape index (κ3) is 3.71. The number of thiazole rings is 1. The van der Waals surface area contributed by atoms with Gasteiger partial charge in [-0.05, 0) is 43.5 Å². The van der Waals surface area contributed by atoms with Crippen LogP contribution in [-0.4, -0.2) is 18.2 Å². The summed E-state index contributed by atoms with van der Waals surface area (Å²) in [7, 11) is 1.59. The Morgan fingerprint density at radius 3 is 2.71 bits per heavy atom. The number of benzene rings is 2. The van der Waals surface area contributed by atoms with Gasteiger partial charge in [0.05, 0.1) is 11.6 Å². The number of fused-ring (bicyclic) bond motifs is 1. The molecule has 1 heterocycles. The number of hydrogen-bond acceptors (Lipinski definition) is 5. The molecular formula is C16H12Br2N2O3S. The van der Waals surface area contributed by atoms with E-state index in [1.54, 1.807) is 7.11 Å². The fourth-order valence-electron chi connectivity index (χ4n) is 2.08. The van der Waals surface area contributed by atoms with Gasteiger partial charge in [-0.1, -0.05) is 41.7 Å². The lowest BCUT2D eigenvalue weighted by Crippen LogP contribution is -2.13. The van der Waals surface area contributed by atoms with E-state index in [2.05, 4.69) is 42.2 Å². The van der Waals surface area contributed by atoms with Crippen molar-refractivity contribution in [2.45, 2.75) is 6.61 Å². The van der Waals surface area contributed by atoms with Crippen LogP contribution in [0.15, 0.2) is 45.3 Å². The quantitative estimate of drug-likeness (QED) is 0.539. The van der Waals surface area contributed by atoms with E-state index in [1.807, 2.05) is 36.4 Å². The largest absolute Gasteiger partial charge is 0.494 e. The van der Waals surface area contributed by atoms with E-state index < -0.39 is 6.09 Å². The van der Waals surface area contributed by atoms with Gasteiger partial charge >= 0.3 is 6.09 Å². The highest BCUT2D eigenvalue weighted by Gasteiger charge is 2.17. The molecule has 0 aliphatic rings. The molecule has 0 atom stereocenters. The second-order valence-corrected chi connectivity index (χ2v) is 7.46. The number of carbonyl (C=O) groups excluding carboxylic acids is 1. The Bertz CT molecular complexity index is 884. The predicted molar refractivity (Wildman–Crippen MR) is 102 cm³/mol. The number of nitrogens with one attached hydrogen (secondary N) is 1. The zero-order valence-corrected chi connectivity index (χ0v) is 16.5. The van der Waals surface area contributed by atoms with Crippen LogP contribution in [0, 0.1) is 0 Å². The van der Waals surface area contributed by atoms with Gasteiger partial charge in [0.1, 0.15) is 16.8 Å². The Labute approximate surface area is 159 Å². The van der Waals surface area contributed by atoms with E-state index in [1.165, 1.54) is 11.3 Å². The molecule has 3 rings (SSSR count). The van der Waals surface area contributed by atoms with Gasteiger partial charge in [-0.2, -0.15) is 0 Å². The monoisotopic (exact) mass is 470 g/mol. The number of hydrogen-bond donors (Lipinski definition) is 1. The molecule has 1 aromatic heterocycles. The summed E-state index contributed by atoms with van der Waals surface area (Å²) < 4.78 is 13.1. The molecule has 8 heteroatoms. The van der Waals surface area contributed by atoms with Crippen LogP contribution in [0.5, 0.6) is 5.75 Å². The van der Waals surface area contributed by atoms with E-state index in [9.17, 15) is 4.79 Å². The third-order valence-corrected chi connectivity index (χ3v) is 5.32. The number of methoxy groups -OCH3 is 1. The van der Waals surface area contributed by atoms with Crippen molar-refractivity contribution in [1.29, 1.82) is 0 Å². The van der Waals surface area contributed by atoms with Crippen molar-refractivity contribution in [2.75, 3.05) is 12.4 Å². The minimum absolute atomic E-state index is 0.204. The number of nitrogens with zero attached hydrogens (tertiary/aromatic N) is 1. The van der Waals surface area contributed by atoms with Gasteiger partial charge in [-0.15, -0.1) is 0 Å². The van der Waals surface area contributed by atoms with Crippen LogP contribution in [0.3, 0.4) is 0 Å². The Balaban J connectivity index is 1.75. The summed E-state index contributed by atoms with van der Waals surface area (Å²) in [5, 5.41) is 3.10. The SMILES string of the molecule is COc1c(Br)cc(Br)c2nc(NC(=O)OCc3ccccc3)sc12. The zero-order chi connectivity index (χ0) is 17.1. The first-order chi connectivity index (χ1) is 11.6. The summed E-state index contributed by atoms with van der Waals surface area (Å²) in [6, 6.07) is 11.3. The average Bonchev–Trinajstić information content (AvgIpc) is 2.98. The first-order valence-electron chi connectivity index (χ1n) is 6.88. The van der Waals surface area contributed by atoms with Gasteiger partial charge in [0, 0.05) is 4.47 Å². The number of anilines is 1. The van der Waals surface area contributed by atoms with Gasteiger partial charge in [0.15, 0.2) is 10.9 Å². The smallest absolute Gasteiger partial charge is 0.413 e. The first-order valence-corrected chi connectivity index (χ1v) is 9.29. The molecule has 3 aromatic rings. The highest BCUT2D eigenvalue weighted by Crippen LogP contribution is 2.42. The molecule has 0 bridgehead atoms. The van der Waals surface area contributed by atoms with Crippen molar-refractivity contribution >= 4 is 64.6 Å². The first kappa shape index (κ1) is 17.2. The van der Waals surface area contributed by atoms with E-state index in [0.29, 0.717) is 10.9 Å². The van der Waals surface area contributed by atoms with Crippen LogP contribution in [-0.2, 0) is 11.3 Å². The molecule has 124 valence electrons. The summed E-state index contributed by atoms with van der Waals surface area (Å²) in [6.45, 7) is 0.204. The van der Waals surface area contributed by atoms with E-state index in [0.717, 1.165) is 24.7 Å². The highest BCUT2D eigenvalue weighted by atomic mass is 79.9. The molecule has 24 heavy (non-hydrogen) atoms. The second kappa shape index (κ2) is 7.50. The van der Waals surface area contributed by atoms with Crippen molar-refractivity contribution in [3.63, 3.8) is 0 Å². The van der Waals surface area contributed by atoms with E-state index in [4.69, 9.17) is 9.47 Å². The maximum absolute atomic E-state index is 12.0. The maximum atomic E-state index is 12.0. The van der Waals surface area contributed by atoms with Crippen LogP contribution in [0.4, 0.5) is 9.93 Å². The lowest BCUT2D eigenvalue weighted by molar-refractivity contribution is 0.155. The van der Waals surface area contributed by atoms with Crippen LogP contribution in [0.25, 0.3) is 10.2 Å². The summed E-state index contributed by atoms with van der Waals surface area (Å²) in [5.74, 6) is 0.677. The minimum Gasteiger partial charge on any atom is -0.494 e. The maximum Gasteiger partial charge on any atom is 0.413 e. The van der Waals surface area contributed by atoms with Crippen molar-refractivity contribution in [1.82, 2.24) is 4.98 Å². The van der Waals surface area contributed by atoms with Crippen LogP contribution < -0.4 is 10.1 Å². The van der Waals surface area contributed by atoms with Crippen molar-refractivity contribution in [2.24, 2.45) is 0 Å².